The third kappa shape index (κ3) is 4.39. The highest BCUT2D eigenvalue weighted by Crippen LogP contribution is 2.30. The molecule has 0 bridgehead atoms. The molecule has 2 rings (SSSR count). The number of carbonyl (C=O) groups excluding carboxylic acids is 1. The van der Waals surface area contributed by atoms with E-state index in [0.717, 1.165) is 16.8 Å². The summed E-state index contributed by atoms with van der Waals surface area (Å²) >= 11 is 0. The van der Waals surface area contributed by atoms with Gasteiger partial charge in [-0.2, -0.15) is 0 Å². The summed E-state index contributed by atoms with van der Waals surface area (Å²) in [6.45, 7) is 0.749. The molecule has 6 nitrogen and oxygen atoms in total. The minimum Gasteiger partial charge on any atom is -0.493 e. The van der Waals surface area contributed by atoms with E-state index in [2.05, 4.69) is 10.6 Å². The molecule has 0 fully saturated rings. The van der Waals surface area contributed by atoms with Crippen molar-refractivity contribution in [3.63, 3.8) is 0 Å². The van der Waals surface area contributed by atoms with Crippen LogP contribution < -0.4 is 20.1 Å². The SMILES string of the molecule is COCc1ccccc1NC(=O)NCc1cccc(OC)c1OC. The quantitative estimate of drug-likeness (QED) is 0.818. The fourth-order valence-corrected chi connectivity index (χ4v) is 2.36. The van der Waals surface area contributed by atoms with Gasteiger partial charge in [-0.1, -0.05) is 30.3 Å². The number of hydrogen-bond donors (Lipinski definition) is 2. The molecule has 0 saturated heterocycles. The van der Waals surface area contributed by atoms with Crippen molar-refractivity contribution in [2.45, 2.75) is 13.2 Å². The average molecular weight is 330 g/mol. The van der Waals surface area contributed by atoms with E-state index in [4.69, 9.17) is 14.2 Å². The second kappa shape index (κ2) is 8.79. The van der Waals surface area contributed by atoms with Crippen molar-refractivity contribution in [1.29, 1.82) is 0 Å². The molecule has 0 aliphatic rings. The Hall–Kier alpha value is -2.73. The molecule has 0 aromatic heterocycles. The Morgan fingerprint density at radius 1 is 0.958 bits per heavy atom. The average Bonchev–Trinajstić information content (AvgIpc) is 2.61. The van der Waals surface area contributed by atoms with Crippen LogP contribution in [0.2, 0.25) is 0 Å². The van der Waals surface area contributed by atoms with Crippen LogP contribution in [0.4, 0.5) is 10.5 Å². The van der Waals surface area contributed by atoms with Crippen LogP contribution in [0.25, 0.3) is 0 Å². The molecular weight excluding hydrogens is 308 g/mol. The molecule has 0 unspecified atom stereocenters. The van der Waals surface area contributed by atoms with Gasteiger partial charge in [0.05, 0.1) is 20.8 Å². The van der Waals surface area contributed by atoms with Gasteiger partial charge in [-0.15, -0.1) is 0 Å². The molecule has 6 heteroatoms. The first-order valence-corrected chi connectivity index (χ1v) is 7.51. The number of rotatable bonds is 7. The second-order valence-electron chi connectivity index (χ2n) is 5.05. The first kappa shape index (κ1) is 17.6. The molecule has 0 aliphatic carbocycles. The van der Waals surface area contributed by atoms with Crippen LogP contribution in [0.15, 0.2) is 42.5 Å². The van der Waals surface area contributed by atoms with Gasteiger partial charge in [0, 0.05) is 30.5 Å². The Balaban J connectivity index is 2.02. The summed E-state index contributed by atoms with van der Waals surface area (Å²) in [6, 6.07) is 12.7. The summed E-state index contributed by atoms with van der Waals surface area (Å²) in [5.41, 5.74) is 2.46. The lowest BCUT2D eigenvalue weighted by atomic mass is 10.2. The van der Waals surface area contributed by atoms with Crippen LogP contribution in [-0.2, 0) is 17.9 Å². The lowest BCUT2D eigenvalue weighted by Gasteiger charge is -2.14. The number of benzene rings is 2. The van der Waals surface area contributed by atoms with Crippen molar-refractivity contribution in [2.75, 3.05) is 26.6 Å². The Morgan fingerprint density at radius 2 is 1.71 bits per heavy atom. The predicted molar refractivity (Wildman–Crippen MR) is 92.6 cm³/mol. The molecule has 0 spiro atoms. The lowest BCUT2D eigenvalue weighted by Crippen LogP contribution is -2.28. The van der Waals surface area contributed by atoms with E-state index in [-0.39, 0.29) is 6.03 Å². The summed E-state index contributed by atoms with van der Waals surface area (Å²) in [5.74, 6) is 1.24. The van der Waals surface area contributed by atoms with Crippen LogP contribution in [0.5, 0.6) is 11.5 Å². The minimum absolute atomic E-state index is 0.302. The molecule has 0 saturated carbocycles. The molecule has 0 radical (unpaired) electrons. The number of nitrogens with one attached hydrogen (secondary N) is 2. The molecule has 0 heterocycles. The number of para-hydroxylation sites is 2. The normalized spacial score (nSPS) is 10.1. The third-order valence-electron chi connectivity index (χ3n) is 3.49. The number of ether oxygens (including phenoxy) is 3. The molecule has 2 aromatic carbocycles. The maximum Gasteiger partial charge on any atom is 0.319 e. The molecule has 0 aliphatic heterocycles. The van der Waals surface area contributed by atoms with Crippen LogP contribution in [0.3, 0.4) is 0 Å². The van der Waals surface area contributed by atoms with Gasteiger partial charge in [0.1, 0.15) is 0 Å². The molecule has 0 atom stereocenters. The van der Waals surface area contributed by atoms with E-state index in [1.165, 1.54) is 0 Å². The van der Waals surface area contributed by atoms with Gasteiger partial charge in [0.15, 0.2) is 11.5 Å². The van der Waals surface area contributed by atoms with E-state index in [9.17, 15) is 4.79 Å². The van der Waals surface area contributed by atoms with Crippen molar-refractivity contribution in [3.05, 3.63) is 53.6 Å². The van der Waals surface area contributed by atoms with Crippen molar-refractivity contribution >= 4 is 11.7 Å². The first-order chi connectivity index (χ1) is 11.7. The zero-order chi connectivity index (χ0) is 17.4. The second-order valence-corrected chi connectivity index (χ2v) is 5.05. The van der Waals surface area contributed by atoms with E-state index >= 15 is 0 Å². The van der Waals surface area contributed by atoms with Crippen molar-refractivity contribution in [3.8, 4) is 11.5 Å². The van der Waals surface area contributed by atoms with E-state index in [1.54, 1.807) is 21.3 Å². The van der Waals surface area contributed by atoms with Gasteiger partial charge in [-0.25, -0.2) is 4.79 Å². The highest BCUT2D eigenvalue weighted by Gasteiger charge is 2.11. The topological polar surface area (TPSA) is 68.8 Å². The van der Waals surface area contributed by atoms with Gasteiger partial charge in [-0.3, -0.25) is 0 Å². The minimum atomic E-state index is -0.302. The standard InChI is InChI=1S/C18H22N2O4/c1-22-12-14-7-4-5-9-15(14)20-18(21)19-11-13-8-6-10-16(23-2)17(13)24-3/h4-10H,11-12H2,1-3H3,(H2,19,20,21). The van der Waals surface area contributed by atoms with Crippen molar-refractivity contribution in [2.24, 2.45) is 0 Å². The Bertz CT molecular complexity index is 688. The van der Waals surface area contributed by atoms with Crippen LogP contribution in [-0.4, -0.2) is 27.4 Å². The largest absolute Gasteiger partial charge is 0.493 e. The van der Waals surface area contributed by atoms with Gasteiger partial charge in [0.25, 0.3) is 0 Å². The summed E-state index contributed by atoms with van der Waals surface area (Å²) in [6.07, 6.45) is 0. The van der Waals surface area contributed by atoms with Crippen molar-refractivity contribution in [1.82, 2.24) is 5.32 Å². The summed E-state index contributed by atoms with van der Waals surface area (Å²) in [7, 11) is 4.77. The molecule has 2 amide bonds. The van der Waals surface area contributed by atoms with E-state index in [1.807, 2.05) is 42.5 Å². The lowest BCUT2D eigenvalue weighted by molar-refractivity contribution is 0.185. The summed E-state index contributed by atoms with van der Waals surface area (Å²) in [4.78, 5) is 12.2. The summed E-state index contributed by atoms with van der Waals surface area (Å²) < 4.78 is 15.7. The molecule has 2 aromatic rings. The molecule has 128 valence electrons. The third-order valence-corrected chi connectivity index (χ3v) is 3.49. The molecule has 2 N–H and O–H groups in total. The number of urea groups is 1. The maximum atomic E-state index is 12.2. The van der Waals surface area contributed by atoms with Gasteiger partial charge >= 0.3 is 6.03 Å². The number of methoxy groups -OCH3 is 3. The Labute approximate surface area is 141 Å². The zero-order valence-electron chi connectivity index (χ0n) is 14.1. The van der Waals surface area contributed by atoms with Crippen LogP contribution in [0, 0.1) is 0 Å². The fourth-order valence-electron chi connectivity index (χ4n) is 2.36. The number of amides is 2. The molecular formula is C18H22N2O4. The Kier molecular flexibility index (Phi) is 6.45. The van der Waals surface area contributed by atoms with Crippen LogP contribution >= 0.6 is 0 Å². The Morgan fingerprint density at radius 3 is 2.42 bits per heavy atom. The number of hydrogen-bond acceptors (Lipinski definition) is 4. The molecule has 24 heavy (non-hydrogen) atoms. The van der Waals surface area contributed by atoms with Gasteiger partial charge < -0.3 is 24.8 Å². The predicted octanol–water partition coefficient (Wildman–Crippen LogP) is 3.17. The zero-order valence-corrected chi connectivity index (χ0v) is 14.1. The van der Waals surface area contributed by atoms with Crippen LogP contribution in [0.1, 0.15) is 11.1 Å². The highest BCUT2D eigenvalue weighted by atomic mass is 16.5. The monoisotopic (exact) mass is 330 g/mol. The first-order valence-electron chi connectivity index (χ1n) is 7.51. The maximum absolute atomic E-state index is 12.2. The fraction of sp³-hybridized carbons (Fsp3) is 0.278. The smallest absolute Gasteiger partial charge is 0.319 e. The number of anilines is 1. The van der Waals surface area contributed by atoms with E-state index < -0.39 is 0 Å². The van der Waals surface area contributed by atoms with Crippen molar-refractivity contribution < 1.29 is 19.0 Å². The van der Waals surface area contributed by atoms with Gasteiger partial charge in [-0.05, 0) is 12.1 Å². The highest BCUT2D eigenvalue weighted by molar-refractivity contribution is 5.90. The van der Waals surface area contributed by atoms with E-state index in [0.29, 0.717) is 24.7 Å². The summed E-state index contributed by atoms with van der Waals surface area (Å²) in [5, 5.41) is 5.65. The number of carbonyl (C=O) groups is 1. The van der Waals surface area contributed by atoms with Gasteiger partial charge in [0.2, 0.25) is 0 Å².